The number of aliphatic hydroxyl groups is 1. The summed E-state index contributed by atoms with van der Waals surface area (Å²) in [5.41, 5.74) is 0. The Hall–Kier alpha value is -2.30. The molecule has 0 aromatic rings. The first-order valence-corrected chi connectivity index (χ1v) is 22.0. The first-order chi connectivity index (χ1) is 25.6. The summed E-state index contributed by atoms with van der Waals surface area (Å²) < 4.78 is 26.8. The van der Waals surface area contributed by atoms with Crippen molar-refractivity contribution < 1.29 is 47.8 Å². The Morgan fingerprint density at radius 1 is 0.623 bits per heavy atom. The minimum atomic E-state index is -4.75. The summed E-state index contributed by atoms with van der Waals surface area (Å²) in [6.45, 7) is 2.45. The Morgan fingerprint density at radius 2 is 1.09 bits per heavy atom. The topological polar surface area (TPSA) is 169 Å². The minimum Gasteiger partial charge on any atom is -0.480 e. The van der Waals surface area contributed by atoms with Crippen molar-refractivity contribution in [2.75, 3.05) is 19.8 Å². The lowest BCUT2D eigenvalue weighted by Crippen LogP contribution is -2.43. The van der Waals surface area contributed by atoms with Crippen LogP contribution in [0.5, 0.6) is 0 Å². The van der Waals surface area contributed by atoms with E-state index in [1.807, 2.05) is 0 Å². The summed E-state index contributed by atoms with van der Waals surface area (Å²) in [4.78, 5) is 45.8. The number of carbonyl (C=O) groups is 3. The Labute approximate surface area is 321 Å². The number of unbranched alkanes of at least 4 members (excludes halogenated alkanes) is 18. The third-order valence-corrected chi connectivity index (χ3v) is 9.64. The molecule has 3 unspecified atom stereocenters. The number of carboxylic acid groups (broad SMARTS) is 1. The number of ether oxygens (including phenoxy) is 1. The van der Waals surface area contributed by atoms with E-state index < -0.39 is 57.6 Å². The van der Waals surface area contributed by atoms with Crippen LogP contribution in [0.4, 0.5) is 0 Å². The highest BCUT2D eigenvalue weighted by molar-refractivity contribution is 7.47. The number of aliphatic carboxylic acids is 1. The van der Waals surface area contributed by atoms with Gasteiger partial charge >= 0.3 is 19.8 Å². The molecule has 53 heavy (non-hydrogen) atoms. The number of esters is 1. The molecule has 0 aliphatic heterocycles. The molecule has 4 N–H and O–H groups in total. The molecule has 0 bridgehead atoms. The van der Waals surface area contributed by atoms with Crippen molar-refractivity contribution in [3.63, 3.8) is 0 Å². The van der Waals surface area contributed by atoms with E-state index in [9.17, 15) is 34.1 Å². The van der Waals surface area contributed by atoms with Gasteiger partial charge in [-0.3, -0.25) is 18.6 Å². The van der Waals surface area contributed by atoms with Crippen molar-refractivity contribution in [3.8, 4) is 0 Å². The third-order valence-electron chi connectivity index (χ3n) is 8.69. The van der Waals surface area contributed by atoms with Gasteiger partial charge in [0.15, 0.2) is 6.04 Å². The zero-order chi connectivity index (χ0) is 39.3. The Bertz CT molecular complexity index is 1050. The molecule has 0 saturated heterocycles. The van der Waals surface area contributed by atoms with Crippen LogP contribution in [-0.4, -0.2) is 64.9 Å². The summed E-state index contributed by atoms with van der Waals surface area (Å²) in [5, 5.41) is 21.8. The van der Waals surface area contributed by atoms with Crippen LogP contribution < -0.4 is 5.32 Å². The summed E-state index contributed by atoms with van der Waals surface area (Å²) >= 11 is 0. The number of nitrogens with one attached hydrogen (secondary N) is 1. The predicted octanol–water partition coefficient (Wildman–Crippen LogP) is 10.1. The molecule has 0 aromatic carbocycles. The van der Waals surface area contributed by atoms with Gasteiger partial charge in [0.25, 0.3) is 0 Å². The fraction of sp³-hybridized carbons (Fsp3) is 0.780. The van der Waals surface area contributed by atoms with Gasteiger partial charge in [0, 0.05) is 12.8 Å². The van der Waals surface area contributed by atoms with Gasteiger partial charge in [-0.15, -0.1) is 0 Å². The fourth-order valence-corrected chi connectivity index (χ4v) is 6.28. The third kappa shape index (κ3) is 36.4. The number of carbonyl (C=O) groups excluding carboxylic acids is 2. The normalized spacial score (nSPS) is 14.2. The largest absolute Gasteiger partial charge is 0.480 e. The van der Waals surface area contributed by atoms with E-state index in [-0.39, 0.29) is 12.8 Å². The van der Waals surface area contributed by atoms with Crippen LogP contribution in [0.3, 0.4) is 0 Å². The molecule has 0 aliphatic rings. The smallest absolute Gasteiger partial charge is 0.472 e. The molecule has 0 heterocycles. The monoisotopic (exact) mass is 772 g/mol. The number of amides is 1. The summed E-state index contributed by atoms with van der Waals surface area (Å²) in [5.74, 6) is -2.39. The zero-order valence-electron chi connectivity index (χ0n) is 33.1. The summed E-state index contributed by atoms with van der Waals surface area (Å²) in [7, 11) is -4.75. The van der Waals surface area contributed by atoms with Crippen LogP contribution in [0.1, 0.15) is 174 Å². The van der Waals surface area contributed by atoms with Gasteiger partial charge in [-0.2, -0.15) is 0 Å². The van der Waals surface area contributed by atoms with Crippen molar-refractivity contribution in [2.45, 2.75) is 187 Å². The second-order valence-electron chi connectivity index (χ2n) is 13.8. The van der Waals surface area contributed by atoms with Gasteiger partial charge in [-0.05, 0) is 44.9 Å². The average molecular weight is 772 g/mol. The predicted molar refractivity (Wildman–Crippen MR) is 212 cm³/mol. The second kappa shape index (κ2) is 36.7. The molecule has 3 atom stereocenters. The number of hydrogen-bond acceptors (Lipinski definition) is 8. The van der Waals surface area contributed by atoms with Crippen LogP contribution in [0.2, 0.25) is 0 Å². The van der Waals surface area contributed by atoms with E-state index in [2.05, 4.69) is 55.6 Å². The van der Waals surface area contributed by atoms with E-state index in [4.69, 9.17) is 13.8 Å². The molecule has 1 amide bonds. The van der Waals surface area contributed by atoms with Crippen molar-refractivity contribution in [1.29, 1.82) is 0 Å². The van der Waals surface area contributed by atoms with Crippen LogP contribution in [0, 0.1) is 0 Å². The number of carboxylic acids is 1. The lowest BCUT2D eigenvalue weighted by atomic mass is 10.0. The van der Waals surface area contributed by atoms with Crippen molar-refractivity contribution >= 4 is 25.7 Å². The quantitative estimate of drug-likeness (QED) is 0.0205. The lowest BCUT2D eigenvalue weighted by molar-refractivity contribution is -0.147. The lowest BCUT2D eigenvalue weighted by Gasteiger charge is -2.18. The summed E-state index contributed by atoms with van der Waals surface area (Å²) in [6, 6.07) is -1.54. The van der Waals surface area contributed by atoms with Crippen LogP contribution in [0.15, 0.2) is 36.5 Å². The molecule has 308 valence electrons. The van der Waals surface area contributed by atoms with Crippen LogP contribution in [-0.2, 0) is 32.7 Å². The first-order valence-electron chi connectivity index (χ1n) is 20.5. The van der Waals surface area contributed by atoms with E-state index in [0.29, 0.717) is 12.8 Å². The number of rotatable bonds is 38. The van der Waals surface area contributed by atoms with E-state index >= 15 is 0 Å². The minimum absolute atomic E-state index is 0.147. The standard InChI is InChI=1S/C41H74NO10P/c1-3-5-7-9-11-13-15-17-19-21-23-25-27-29-31-33-40(45)50-34-37(43)35-51-53(48,49)52-36-38(41(46)47)42-39(44)32-30-28-26-24-22-20-18-16-14-12-10-8-6-4-2/h5,7,11,13,17,19,37-38,43H,3-4,6,8-10,12,14-16,18,20-36H2,1-2H3,(H,42,44)(H,46,47)(H,48,49)/b7-5-,13-11-,19-17-. The van der Waals surface area contributed by atoms with E-state index in [0.717, 1.165) is 70.6 Å². The molecule has 0 aromatic heterocycles. The molecule has 0 spiro atoms. The molecule has 0 aliphatic carbocycles. The van der Waals surface area contributed by atoms with Gasteiger partial charge in [-0.25, -0.2) is 9.36 Å². The number of phosphoric acid groups is 1. The summed E-state index contributed by atoms with van der Waals surface area (Å²) in [6.07, 6.45) is 37.4. The second-order valence-corrected chi connectivity index (χ2v) is 15.3. The van der Waals surface area contributed by atoms with Crippen LogP contribution >= 0.6 is 7.82 Å². The zero-order valence-corrected chi connectivity index (χ0v) is 34.0. The van der Waals surface area contributed by atoms with E-state index in [1.165, 1.54) is 64.2 Å². The van der Waals surface area contributed by atoms with Gasteiger partial charge in [0.1, 0.15) is 12.7 Å². The maximum absolute atomic E-state index is 12.3. The molecule has 11 nitrogen and oxygen atoms in total. The Kier molecular flexibility index (Phi) is 35.1. The molecule has 12 heteroatoms. The van der Waals surface area contributed by atoms with Crippen molar-refractivity contribution in [2.24, 2.45) is 0 Å². The van der Waals surface area contributed by atoms with Gasteiger partial charge in [0.2, 0.25) is 5.91 Å². The number of allylic oxidation sites excluding steroid dienone is 6. The average Bonchev–Trinajstić information content (AvgIpc) is 3.13. The maximum Gasteiger partial charge on any atom is 0.472 e. The molecule has 0 rings (SSSR count). The van der Waals surface area contributed by atoms with Crippen LogP contribution in [0.25, 0.3) is 0 Å². The molecule has 0 saturated carbocycles. The highest BCUT2D eigenvalue weighted by Gasteiger charge is 2.28. The van der Waals surface area contributed by atoms with Crippen molar-refractivity contribution in [3.05, 3.63) is 36.5 Å². The Morgan fingerprint density at radius 3 is 1.64 bits per heavy atom. The van der Waals surface area contributed by atoms with Gasteiger partial charge < -0.3 is 25.2 Å². The Balaban J connectivity index is 3.95. The highest BCUT2D eigenvalue weighted by atomic mass is 31.2. The molecule has 0 fully saturated rings. The van der Waals surface area contributed by atoms with Crippen molar-refractivity contribution in [1.82, 2.24) is 5.32 Å². The number of phosphoric ester groups is 1. The molecule has 0 radical (unpaired) electrons. The number of hydrogen-bond donors (Lipinski definition) is 4. The van der Waals surface area contributed by atoms with Gasteiger partial charge in [0.05, 0.1) is 13.2 Å². The molecular formula is C41H74NO10P. The maximum atomic E-state index is 12.3. The highest BCUT2D eigenvalue weighted by Crippen LogP contribution is 2.43. The van der Waals surface area contributed by atoms with E-state index in [1.54, 1.807) is 0 Å². The van der Waals surface area contributed by atoms with Gasteiger partial charge in [-0.1, -0.05) is 153 Å². The number of aliphatic hydroxyl groups excluding tert-OH is 1. The molecular weight excluding hydrogens is 697 g/mol. The fourth-order valence-electron chi connectivity index (χ4n) is 5.51. The SMILES string of the molecule is CC/C=C\C/C=C\C/C=C\CCCCCCCC(=O)OCC(O)COP(=O)(O)OCC(NC(=O)CCCCCCCCCCCCCCCC)C(=O)O. The first kappa shape index (κ1) is 50.7.